The Morgan fingerprint density at radius 3 is 2.29 bits per heavy atom. The molecule has 0 bridgehead atoms. The molecule has 2 N–H and O–H groups in total. The van der Waals surface area contributed by atoms with Crippen LogP contribution in [-0.4, -0.2) is 108 Å². The normalized spacial score (nSPS) is 19.1. The number of piperidine rings is 1. The number of thiophene rings is 1. The van der Waals surface area contributed by atoms with Crippen LogP contribution < -0.4 is 19.7 Å². The number of halogens is 1. The lowest BCUT2D eigenvalue weighted by Crippen LogP contribution is -2.54. The van der Waals surface area contributed by atoms with Crippen molar-refractivity contribution in [2.75, 3.05) is 63.9 Å². The molecule has 4 aliphatic heterocycles. The maximum Gasteiger partial charge on any atom is 0.262 e. The predicted octanol–water partition coefficient (Wildman–Crippen LogP) is 6.75. The first kappa shape index (κ1) is 38.2. The van der Waals surface area contributed by atoms with E-state index in [1.165, 1.54) is 0 Å². The number of ether oxygens (including phenoxy) is 2. The zero-order chi connectivity index (χ0) is 39.9. The Kier molecular flexibility index (Phi) is 10.7. The number of piperazine rings is 1. The molecule has 4 aromatic carbocycles. The van der Waals surface area contributed by atoms with E-state index in [0.717, 1.165) is 106 Å². The smallest absolute Gasteiger partial charge is 0.262 e. The van der Waals surface area contributed by atoms with Gasteiger partial charge in [0, 0.05) is 72.5 Å². The number of nitrogens with one attached hydrogen (secondary N) is 1. The summed E-state index contributed by atoms with van der Waals surface area (Å²) < 4.78 is 14.5. The maximum absolute atomic E-state index is 13.3. The molecule has 298 valence electrons. The zero-order valence-electron chi connectivity index (χ0n) is 31.7. The van der Waals surface area contributed by atoms with Crippen LogP contribution in [0.3, 0.4) is 0 Å². The second-order valence-corrected chi connectivity index (χ2v) is 17.3. The van der Waals surface area contributed by atoms with Crippen LogP contribution in [-0.2, 0) is 9.59 Å². The Labute approximate surface area is 348 Å². The minimum Gasteiger partial charge on any atom is -0.508 e. The fourth-order valence-corrected chi connectivity index (χ4v) is 9.69. The van der Waals surface area contributed by atoms with Gasteiger partial charge in [0.15, 0.2) is 5.75 Å². The van der Waals surface area contributed by atoms with E-state index in [-0.39, 0.29) is 24.5 Å². The van der Waals surface area contributed by atoms with Crippen LogP contribution in [0.2, 0.25) is 0 Å². The largest absolute Gasteiger partial charge is 0.508 e. The second-order valence-electron chi connectivity index (χ2n) is 15.3. The van der Waals surface area contributed by atoms with Crippen LogP contribution >= 0.6 is 27.3 Å². The average Bonchev–Trinajstić information content (AvgIpc) is 3.68. The van der Waals surface area contributed by atoms with Crippen molar-refractivity contribution in [3.8, 4) is 33.4 Å². The molecular weight excluding hydrogens is 822 g/mol. The summed E-state index contributed by atoms with van der Waals surface area (Å²) in [4.78, 5) is 59.6. The van der Waals surface area contributed by atoms with Crippen molar-refractivity contribution in [3.63, 3.8) is 0 Å². The molecule has 4 amide bonds. The Balaban J connectivity index is 0.698. The van der Waals surface area contributed by atoms with Crippen LogP contribution in [0.5, 0.6) is 23.0 Å². The number of imide groups is 2. The molecule has 0 radical (unpaired) electrons. The predicted molar refractivity (Wildman–Crippen MR) is 225 cm³/mol. The third kappa shape index (κ3) is 7.81. The Morgan fingerprint density at radius 1 is 0.793 bits per heavy atom. The fraction of sp³-hybridized carbons (Fsp3) is 0.318. The van der Waals surface area contributed by atoms with E-state index in [2.05, 4.69) is 48.1 Å². The Bertz CT molecular complexity index is 2390. The summed E-state index contributed by atoms with van der Waals surface area (Å²) in [6, 6.07) is 25.6. The number of aromatic hydroxyl groups is 1. The van der Waals surface area contributed by atoms with Crippen molar-refractivity contribution in [1.82, 2.24) is 20.0 Å². The molecule has 0 aliphatic carbocycles. The standard InChI is InChI=1S/C44H42BrN5O7S/c45-29-3-1-28(2-4-29)41-40(35-12-6-31(51)24-38(35)58-41)57-33-9-7-32(8-10-33)56-22-21-48-25-27(26-48)15-16-47-17-19-49(20-18-47)30-5-11-34-36(23-30)44(55)50(43(34)54)37-13-14-39(52)46-42(37)53/h1-12,23-24,27,37,51H,13-22,25-26H2,(H,46,52,53). The van der Waals surface area contributed by atoms with Crippen molar-refractivity contribution in [2.24, 2.45) is 5.92 Å². The SMILES string of the molecule is O=C1CCC(N2C(=O)c3ccc(N4CCN(CCC5CN(CCOc6ccc(Oc7c(-c8ccc(Br)cc8)sc8cc(O)ccc78)cc6)C5)CC4)cc3C2=O)C(=O)N1. The first-order chi connectivity index (χ1) is 28.2. The number of rotatable bonds is 12. The summed E-state index contributed by atoms with van der Waals surface area (Å²) in [6.07, 6.45) is 1.39. The molecule has 1 atom stereocenters. The molecule has 0 saturated carbocycles. The number of fused-ring (bicyclic) bond motifs is 2. The molecule has 1 unspecified atom stereocenters. The van der Waals surface area contributed by atoms with E-state index < -0.39 is 23.8 Å². The third-order valence-electron chi connectivity index (χ3n) is 11.5. The van der Waals surface area contributed by atoms with Gasteiger partial charge in [-0.3, -0.25) is 39.2 Å². The molecular formula is C44H42BrN5O7S. The highest BCUT2D eigenvalue weighted by atomic mass is 79.9. The molecule has 3 saturated heterocycles. The highest BCUT2D eigenvalue weighted by molar-refractivity contribution is 9.10. The number of phenols is 1. The summed E-state index contributed by atoms with van der Waals surface area (Å²) in [5, 5.41) is 13.3. The number of carbonyl (C=O) groups excluding carboxylic acids is 4. The number of carbonyl (C=O) groups is 4. The maximum atomic E-state index is 13.3. The second kappa shape index (κ2) is 16.2. The number of benzene rings is 4. The number of nitrogens with zero attached hydrogens (tertiary/aromatic N) is 4. The summed E-state index contributed by atoms with van der Waals surface area (Å²) in [5.41, 5.74) is 2.56. The van der Waals surface area contributed by atoms with Crippen LogP contribution in [0, 0.1) is 5.92 Å². The zero-order valence-corrected chi connectivity index (χ0v) is 34.1. The first-order valence-corrected chi connectivity index (χ1v) is 21.3. The number of likely N-dealkylation sites (tertiary alicyclic amines) is 1. The van der Waals surface area contributed by atoms with Gasteiger partial charge in [-0.2, -0.15) is 0 Å². The van der Waals surface area contributed by atoms with E-state index in [1.54, 1.807) is 35.6 Å². The topological polar surface area (TPSA) is 132 Å². The Hall–Kier alpha value is -5.28. The van der Waals surface area contributed by atoms with Gasteiger partial charge in [-0.1, -0.05) is 28.1 Å². The molecule has 9 rings (SSSR count). The van der Waals surface area contributed by atoms with E-state index >= 15 is 0 Å². The first-order valence-electron chi connectivity index (χ1n) is 19.6. The summed E-state index contributed by atoms with van der Waals surface area (Å²) in [5.74, 6) is 1.22. The van der Waals surface area contributed by atoms with Gasteiger partial charge < -0.3 is 19.5 Å². The minimum absolute atomic E-state index is 0.0986. The molecule has 58 heavy (non-hydrogen) atoms. The van der Waals surface area contributed by atoms with Crippen molar-refractivity contribution < 1.29 is 33.8 Å². The van der Waals surface area contributed by atoms with E-state index in [1.807, 2.05) is 48.5 Å². The van der Waals surface area contributed by atoms with Crippen molar-refractivity contribution in [3.05, 3.63) is 101 Å². The lowest BCUT2D eigenvalue weighted by Gasteiger charge is -2.41. The number of hydrogen-bond acceptors (Lipinski definition) is 11. The molecule has 12 nitrogen and oxygen atoms in total. The summed E-state index contributed by atoms with van der Waals surface area (Å²) in [7, 11) is 0. The summed E-state index contributed by atoms with van der Waals surface area (Å²) >= 11 is 5.11. The van der Waals surface area contributed by atoms with Gasteiger partial charge in [0.25, 0.3) is 11.8 Å². The van der Waals surface area contributed by atoms with Crippen LogP contribution in [0.1, 0.15) is 40.0 Å². The molecule has 3 fully saturated rings. The minimum atomic E-state index is -0.963. The van der Waals surface area contributed by atoms with E-state index in [0.29, 0.717) is 29.4 Å². The lowest BCUT2D eigenvalue weighted by molar-refractivity contribution is -0.136. The molecule has 1 aromatic heterocycles. The van der Waals surface area contributed by atoms with Crippen LogP contribution in [0.25, 0.3) is 20.5 Å². The molecule has 5 aromatic rings. The van der Waals surface area contributed by atoms with Crippen molar-refractivity contribution in [2.45, 2.75) is 25.3 Å². The third-order valence-corrected chi connectivity index (χ3v) is 13.2. The van der Waals surface area contributed by atoms with Crippen LogP contribution in [0.4, 0.5) is 5.69 Å². The van der Waals surface area contributed by atoms with E-state index in [4.69, 9.17) is 9.47 Å². The number of hydrogen-bond donors (Lipinski definition) is 2. The molecule has 4 aliphatic rings. The van der Waals surface area contributed by atoms with Crippen molar-refractivity contribution in [1.29, 1.82) is 0 Å². The summed E-state index contributed by atoms with van der Waals surface area (Å²) in [6.45, 7) is 8.15. The van der Waals surface area contributed by atoms with Gasteiger partial charge in [-0.15, -0.1) is 11.3 Å². The number of amides is 4. The molecule has 0 spiro atoms. The highest BCUT2D eigenvalue weighted by Gasteiger charge is 2.45. The molecule has 14 heteroatoms. The average molecular weight is 865 g/mol. The highest BCUT2D eigenvalue weighted by Crippen LogP contribution is 2.47. The number of anilines is 1. The van der Waals surface area contributed by atoms with Gasteiger partial charge in [0.05, 0.1) is 16.0 Å². The van der Waals surface area contributed by atoms with Gasteiger partial charge in [0.2, 0.25) is 11.8 Å². The van der Waals surface area contributed by atoms with Gasteiger partial charge >= 0.3 is 0 Å². The number of phenolic OH excluding ortho intramolecular Hbond substituents is 1. The molecule has 5 heterocycles. The lowest BCUT2D eigenvalue weighted by atomic mass is 9.96. The van der Waals surface area contributed by atoms with Gasteiger partial charge in [0.1, 0.15) is 29.9 Å². The quantitative estimate of drug-likeness (QED) is 0.130. The van der Waals surface area contributed by atoms with Gasteiger partial charge in [-0.25, -0.2) is 0 Å². The fourth-order valence-electron chi connectivity index (χ4n) is 8.26. The monoisotopic (exact) mass is 863 g/mol. The van der Waals surface area contributed by atoms with Crippen molar-refractivity contribution >= 4 is 66.7 Å². The van der Waals surface area contributed by atoms with Crippen LogP contribution in [0.15, 0.2) is 89.4 Å². The van der Waals surface area contributed by atoms with E-state index in [9.17, 15) is 24.3 Å². The Morgan fingerprint density at radius 2 is 1.53 bits per heavy atom. The van der Waals surface area contributed by atoms with Gasteiger partial charge in [-0.05, 0) is 104 Å².